The van der Waals surface area contributed by atoms with Gasteiger partial charge in [0.1, 0.15) is 6.10 Å². The van der Waals surface area contributed by atoms with Crippen LogP contribution in [0.5, 0.6) is 5.88 Å². The molecule has 1 fully saturated rings. The third-order valence-corrected chi connectivity index (χ3v) is 4.94. The zero-order valence-corrected chi connectivity index (χ0v) is 13.7. The Balaban J connectivity index is 1.39. The van der Waals surface area contributed by atoms with Crippen molar-refractivity contribution in [2.75, 3.05) is 13.1 Å². The molecule has 0 spiro atoms. The molecule has 2 heterocycles. The van der Waals surface area contributed by atoms with Gasteiger partial charge < -0.3 is 9.64 Å². The summed E-state index contributed by atoms with van der Waals surface area (Å²) in [7, 11) is 0. The fourth-order valence-electron chi connectivity index (χ4n) is 3.58. The minimum absolute atomic E-state index is 0.0433. The lowest BCUT2D eigenvalue weighted by Gasteiger charge is -2.24. The molecule has 0 bridgehead atoms. The SMILES string of the molecule is O=C(C1CC=CCC1)N1CCC(Oc2ccc3ccccc3n2)C1. The van der Waals surface area contributed by atoms with Gasteiger partial charge in [-0.3, -0.25) is 4.79 Å². The Kier molecular flexibility index (Phi) is 4.20. The number of pyridine rings is 1. The molecule has 1 aromatic carbocycles. The van der Waals surface area contributed by atoms with E-state index in [9.17, 15) is 4.79 Å². The van der Waals surface area contributed by atoms with Crippen molar-refractivity contribution in [3.8, 4) is 5.88 Å². The van der Waals surface area contributed by atoms with Crippen LogP contribution in [0.25, 0.3) is 10.9 Å². The van der Waals surface area contributed by atoms with Crippen molar-refractivity contribution in [2.24, 2.45) is 5.92 Å². The highest BCUT2D eigenvalue weighted by Gasteiger charge is 2.31. The van der Waals surface area contributed by atoms with Gasteiger partial charge in [-0.25, -0.2) is 4.98 Å². The van der Waals surface area contributed by atoms with Gasteiger partial charge in [-0.05, 0) is 31.4 Å². The zero-order chi connectivity index (χ0) is 16.4. The van der Waals surface area contributed by atoms with E-state index in [0.29, 0.717) is 12.4 Å². The normalized spacial score (nSPS) is 23.6. The molecule has 2 aliphatic rings. The van der Waals surface area contributed by atoms with E-state index < -0.39 is 0 Å². The van der Waals surface area contributed by atoms with Crippen LogP contribution in [0.3, 0.4) is 0 Å². The van der Waals surface area contributed by atoms with Crippen molar-refractivity contribution in [3.63, 3.8) is 0 Å². The Morgan fingerprint density at radius 2 is 2.04 bits per heavy atom. The van der Waals surface area contributed by atoms with E-state index in [0.717, 1.165) is 43.1 Å². The molecule has 1 aliphatic carbocycles. The smallest absolute Gasteiger partial charge is 0.226 e. The lowest BCUT2D eigenvalue weighted by atomic mass is 9.93. The van der Waals surface area contributed by atoms with Crippen LogP contribution in [0.15, 0.2) is 48.6 Å². The van der Waals surface area contributed by atoms with Crippen molar-refractivity contribution in [2.45, 2.75) is 31.8 Å². The number of fused-ring (bicyclic) bond motifs is 1. The lowest BCUT2D eigenvalue weighted by Crippen LogP contribution is -2.36. The summed E-state index contributed by atoms with van der Waals surface area (Å²) < 4.78 is 6.03. The number of likely N-dealkylation sites (tertiary alicyclic amines) is 1. The Hall–Kier alpha value is -2.36. The topological polar surface area (TPSA) is 42.4 Å². The summed E-state index contributed by atoms with van der Waals surface area (Å²) in [6.45, 7) is 1.46. The monoisotopic (exact) mass is 322 g/mol. The van der Waals surface area contributed by atoms with Crippen LogP contribution in [0.2, 0.25) is 0 Å². The molecule has 0 saturated carbocycles. The number of ether oxygens (including phenoxy) is 1. The second-order valence-corrected chi connectivity index (χ2v) is 6.64. The number of aromatic nitrogens is 1. The Morgan fingerprint density at radius 3 is 2.92 bits per heavy atom. The fourth-order valence-corrected chi connectivity index (χ4v) is 3.58. The number of carbonyl (C=O) groups is 1. The van der Waals surface area contributed by atoms with Crippen molar-refractivity contribution in [1.82, 2.24) is 9.88 Å². The number of carbonyl (C=O) groups excluding carboxylic acids is 1. The summed E-state index contributed by atoms with van der Waals surface area (Å²) in [4.78, 5) is 19.1. The summed E-state index contributed by atoms with van der Waals surface area (Å²) in [5, 5.41) is 1.11. The van der Waals surface area contributed by atoms with Crippen LogP contribution in [0.1, 0.15) is 25.7 Å². The van der Waals surface area contributed by atoms with E-state index in [1.165, 1.54) is 0 Å². The molecular weight excluding hydrogens is 300 g/mol. The predicted molar refractivity (Wildman–Crippen MR) is 93.8 cm³/mol. The number of benzene rings is 1. The van der Waals surface area contributed by atoms with Crippen molar-refractivity contribution in [1.29, 1.82) is 0 Å². The molecule has 2 atom stereocenters. The van der Waals surface area contributed by atoms with Crippen LogP contribution >= 0.6 is 0 Å². The zero-order valence-electron chi connectivity index (χ0n) is 13.7. The van der Waals surface area contributed by atoms with Gasteiger partial charge in [0.25, 0.3) is 0 Å². The molecule has 1 aliphatic heterocycles. The molecule has 24 heavy (non-hydrogen) atoms. The van der Waals surface area contributed by atoms with Crippen LogP contribution in [-0.2, 0) is 4.79 Å². The van der Waals surface area contributed by atoms with Crippen molar-refractivity contribution >= 4 is 16.8 Å². The molecule has 124 valence electrons. The quantitative estimate of drug-likeness (QED) is 0.811. The molecule has 1 saturated heterocycles. The molecule has 4 heteroatoms. The maximum Gasteiger partial charge on any atom is 0.226 e. The molecule has 4 nitrogen and oxygen atoms in total. The highest BCUT2D eigenvalue weighted by molar-refractivity contribution is 5.80. The minimum Gasteiger partial charge on any atom is -0.472 e. The highest BCUT2D eigenvalue weighted by atomic mass is 16.5. The molecule has 2 unspecified atom stereocenters. The number of rotatable bonds is 3. The standard InChI is InChI=1S/C20H22N2O2/c23-20(16-7-2-1-3-8-16)22-13-12-17(14-22)24-19-11-10-15-6-4-5-9-18(15)21-19/h1-2,4-6,9-11,16-17H,3,7-8,12-14H2. The third-order valence-electron chi connectivity index (χ3n) is 4.94. The number of hydrogen-bond acceptors (Lipinski definition) is 3. The molecule has 1 amide bonds. The van der Waals surface area contributed by atoms with E-state index in [-0.39, 0.29) is 17.9 Å². The second kappa shape index (κ2) is 6.63. The van der Waals surface area contributed by atoms with E-state index in [1.54, 1.807) is 0 Å². The molecule has 0 N–H and O–H groups in total. The maximum atomic E-state index is 12.6. The number of allylic oxidation sites excluding steroid dienone is 2. The summed E-state index contributed by atoms with van der Waals surface area (Å²) >= 11 is 0. The molecule has 1 aromatic heterocycles. The van der Waals surface area contributed by atoms with Gasteiger partial charge >= 0.3 is 0 Å². The van der Waals surface area contributed by atoms with Gasteiger partial charge in [-0.1, -0.05) is 30.4 Å². The number of hydrogen-bond donors (Lipinski definition) is 0. The molecule has 4 rings (SSSR count). The van der Waals surface area contributed by atoms with Gasteiger partial charge in [0.2, 0.25) is 11.8 Å². The first-order valence-corrected chi connectivity index (χ1v) is 8.76. The second-order valence-electron chi connectivity index (χ2n) is 6.64. The van der Waals surface area contributed by atoms with E-state index in [2.05, 4.69) is 17.1 Å². The Bertz CT molecular complexity index is 771. The van der Waals surface area contributed by atoms with Crippen LogP contribution < -0.4 is 4.74 Å². The van der Waals surface area contributed by atoms with Crippen LogP contribution in [-0.4, -0.2) is 35.0 Å². The van der Waals surface area contributed by atoms with E-state index >= 15 is 0 Å². The average molecular weight is 322 g/mol. The maximum absolute atomic E-state index is 12.6. The largest absolute Gasteiger partial charge is 0.472 e. The summed E-state index contributed by atoms with van der Waals surface area (Å²) in [5.74, 6) is 1.10. The number of para-hydroxylation sites is 1. The highest BCUT2D eigenvalue weighted by Crippen LogP contribution is 2.25. The molecule has 2 aromatic rings. The fraction of sp³-hybridized carbons (Fsp3) is 0.400. The molecular formula is C20H22N2O2. The van der Waals surface area contributed by atoms with Gasteiger partial charge in [0, 0.05) is 30.3 Å². The predicted octanol–water partition coefficient (Wildman–Crippen LogP) is 3.57. The Morgan fingerprint density at radius 1 is 1.12 bits per heavy atom. The Labute approximate surface area is 142 Å². The lowest BCUT2D eigenvalue weighted by molar-refractivity contribution is -0.135. The van der Waals surface area contributed by atoms with Crippen molar-refractivity contribution < 1.29 is 9.53 Å². The van der Waals surface area contributed by atoms with Crippen LogP contribution in [0.4, 0.5) is 0 Å². The van der Waals surface area contributed by atoms with E-state index in [1.807, 2.05) is 41.3 Å². The van der Waals surface area contributed by atoms with Crippen LogP contribution in [0, 0.1) is 5.92 Å². The first-order chi connectivity index (χ1) is 11.8. The van der Waals surface area contributed by atoms with Gasteiger partial charge in [0.15, 0.2) is 0 Å². The average Bonchev–Trinajstić information content (AvgIpc) is 3.10. The first kappa shape index (κ1) is 15.2. The summed E-state index contributed by atoms with van der Waals surface area (Å²) in [6.07, 6.45) is 8.10. The minimum atomic E-state index is 0.0433. The summed E-state index contributed by atoms with van der Waals surface area (Å²) in [5.41, 5.74) is 0.940. The van der Waals surface area contributed by atoms with Gasteiger partial charge in [-0.15, -0.1) is 0 Å². The number of nitrogens with zero attached hydrogens (tertiary/aromatic N) is 2. The van der Waals surface area contributed by atoms with Gasteiger partial charge in [-0.2, -0.15) is 0 Å². The molecule has 0 radical (unpaired) electrons. The number of amides is 1. The third kappa shape index (κ3) is 3.14. The van der Waals surface area contributed by atoms with Crippen molar-refractivity contribution in [3.05, 3.63) is 48.6 Å². The first-order valence-electron chi connectivity index (χ1n) is 8.76. The summed E-state index contributed by atoms with van der Waals surface area (Å²) in [6, 6.07) is 12.0. The van der Waals surface area contributed by atoms with Gasteiger partial charge in [0.05, 0.1) is 12.1 Å². The van der Waals surface area contributed by atoms with E-state index in [4.69, 9.17) is 4.74 Å².